The lowest BCUT2D eigenvalue weighted by Gasteiger charge is -2.10. The number of halogens is 3. The highest BCUT2D eigenvalue weighted by Crippen LogP contribution is 2.20. The Bertz CT molecular complexity index is 570. The van der Waals surface area contributed by atoms with Crippen molar-refractivity contribution in [2.75, 3.05) is 5.32 Å². The van der Waals surface area contributed by atoms with Crippen LogP contribution < -0.4 is 5.32 Å². The normalized spacial score (nSPS) is 10.4. The van der Waals surface area contributed by atoms with Crippen LogP contribution in [0.1, 0.15) is 11.1 Å². The minimum absolute atomic E-state index is 0.430. The highest BCUT2D eigenvalue weighted by atomic mass is 35.5. The SMILES string of the molecule is Cc1cc(Cl)ccc1NCc1ccc(F)c(F)c1. The van der Waals surface area contributed by atoms with E-state index in [4.69, 9.17) is 11.6 Å². The first-order valence-electron chi connectivity index (χ1n) is 5.50. The molecule has 0 unspecified atom stereocenters. The van der Waals surface area contributed by atoms with Crippen LogP contribution in [0.15, 0.2) is 36.4 Å². The van der Waals surface area contributed by atoms with Crippen LogP contribution in [-0.2, 0) is 6.54 Å². The standard InChI is InChI=1S/C14H12ClF2N/c1-9-6-11(15)3-5-14(9)18-8-10-2-4-12(16)13(17)7-10/h2-7,18H,8H2,1H3. The maximum Gasteiger partial charge on any atom is 0.159 e. The van der Waals surface area contributed by atoms with Gasteiger partial charge >= 0.3 is 0 Å². The maximum atomic E-state index is 13.0. The average molecular weight is 268 g/mol. The van der Waals surface area contributed by atoms with Crippen LogP contribution >= 0.6 is 11.6 Å². The summed E-state index contributed by atoms with van der Waals surface area (Å²) in [6.45, 7) is 2.36. The van der Waals surface area contributed by atoms with Crippen LogP contribution in [0.4, 0.5) is 14.5 Å². The Morgan fingerprint density at radius 1 is 1.06 bits per heavy atom. The van der Waals surface area contributed by atoms with Gasteiger partial charge in [-0.2, -0.15) is 0 Å². The van der Waals surface area contributed by atoms with Gasteiger partial charge in [0, 0.05) is 17.3 Å². The fourth-order valence-electron chi connectivity index (χ4n) is 1.67. The Kier molecular flexibility index (Phi) is 3.82. The molecule has 1 nitrogen and oxygen atoms in total. The van der Waals surface area contributed by atoms with Crippen LogP contribution in [0.25, 0.3) is 0 Å². The number of hydrogen-bond donors (Lipinski definition) is 1. The summed E-state index contributed by atoms with van der Waals surface area (Å²) in [5.74, 6) is -1.66. The van der Waals surface area contributed by atoms with Crippen LogP contribution in [0.5, 0.6) is 0 Å². The van der Waals surface area contributed by atoms with Crippen molar-refractivity contribution in [1.82, 2.24) is 0 Å². The van der Waals surface area contributed by atoms with Crippen molar-refractivity contribution in [2.24, 2.45) is 0 Å². The molecule has 0 radical (unpaired) electrons. The van der Waals surface area contributed by atoms with Crippen molar-refractivity contribution in [3.05, 3.63) is 64.2 Å². The molecule has 0 spiro atoms. The third-order valence-corrected chi connectivity index (χ3v) is 2.89. The topological polar surface area (TPSA) is 12.0 Å². The molecule has 94 valence electrons. The van der Waals surface area contributed by atoms with E-state index in [0.717, 1.165) is 17.3 Å². The van der Waals surface area contributed by atoms with Gasteiger partial charge in [-0.1, -0.05) is 17.7 Å². The predicted molar refractivity (Wildman–Crippen MR) is 69.9 cm³/mol. The summed E-state index contributed by atoms with van der Waals surface area (Å²) in [6, 6.07) is 9.35. The molecule has 0 amide bonds. The Labute approximate surface area is 109 Å². The van der Waals surface area contributed by atoms with E-state index < -0.39 is 11.6 Å². The van der Waals surface area contributed by atoms with Gasteiger partial charge in [0.15, 0.2) is 11.6 Å². The van der Waals surface area contributed by atoms with Gasteiger partial charge in [0.1, 0.15) is 0 Å². The Morgan fingerprint density at radius 2 is 1.83 bits per heavy atom. The van der Waals surface area contributed by atoms with Crippen molar-refractivity contribution >= 4 is 17.3 Å². The molecule has 0 aromatic heterocycles. The maximum absolute atomic E-state index is 13.0. The number of benzene rings is 2. The van der Waals surface area contributed by atoms with E-state index >= 15 is 0 Å². The summed E-state index contributed by atoms with van der Waals surface area (Å²) in [5.41, 5.74) is 2.61. The molecule has 2 rings (SSSR count). The minimum atomic E-state index is -0.832. The number of hydrogen-bond acceptors (Lipinski definition) is 1. The molecule has 18 heavy (non-hydrogen) atoms. The first-order valence-corrected chi connectivity index (χ1v) is 5.88. The molecule has 0 fully saturated rings. The van der Waals surface area contributed by atoms with E-state index in [1.54, 1.807) is 12.1 Å². The summed E-state index contributed by atoms with van der Waals surface area (Å²) in [7, 11) is 0. The van der Waals surface area contributed by atoms with Gasteiger partial charge in [0.2, 0.25) is 0 Å². The Balaban J connectivity index is 2.09. The van der Waals surface area contributed by atoms with Crippen molar-refractivity contribution in [3.8, 4) is 0 Å². The Hall–Kier alpha value is -1.61. The van der Waals surface area contributed by atoms with Gasteiger partial charge in [-0.15, -0.1) is 0 Å². The lowest BCUT2D eigenvalue weighted by atomic mass is 10.1. The molecule has 0 saturated carbocycles. The summed E-state index contributed by atoms with van der Waals surface area (Å²) in [4.78, 5) is 0. The largest absolute Gasteiger partial charge is 0.381 e. The van der Waals surface area contributed by atoms with Gasteiger partial charge in [-0.3, -0.25) is 0 Å². The molecular weight excluding hydrogens is 256 g/mol. The lowest BCUT2D eigenvalue weighted by Crippen LogP contribution is -2.01. The zero-order valence-corrected chi connectivity index (χ0v) is 10.6. The summed E-state index contributed by atoms with van der Waals surface area (Å²) in [6.07, 6.45) is 0. The van der Waals surface area contributed by atoms with Crippen molar-refractivity contribution in [1.29, 1.82) is 0 Å². The predicted octanol–water partition coefficient (Wildman–Crippen LogP) is 4.54. The van der Waals surface area contributed by atoms with Crippen LogP contribution in [0, 0.1) is 18.6 Å². The number of aryl methyl sites for hydroxylation is 1. The first kappa shape index (κ1) is 12.8. The molecular formula is C14H12ClF2N. The van der Waals surface area contributed by atoms with Gasteiger partial charge in [0.25, 0.3) is 0 Å². The third-order valence-electron chi connectivity index (χ3n) is 2.66. The van der Waals surface area contributed by atoms with E-state index in [-0.39, 0.29) is 0 Å². The van der Waals surface area contributed by atoms with Crippen LogP contribution in [0.2, 0.25) is 5.02 Å². The second kappa shape index (κ2) is 5.36. The second-order valence-corrected chi connectivity index (χ2v) is 4.50. The monoisotopic (exact) mass is 267 g/mol. The fourth-order valence-corrected chi connectivity index (χ4v) is 1.90. The molecule has 1 N–H and O–H groups in total. The van der Waals surface area contributed by atoms with Gasteiger partial charge < -0.3 is 5.32 Å². The second-order valence-electron chi connectivity index (χ2n) is 4.06. The number of anilines is 1. The first-order chi connectivity index (χ1) is 8.56. The van der Waals surface area contributed by atoms with E-state index in [1.165, 1.54) is 6.07 Å². The molecule has 2 aromatic rings. The number of nitrogens with one attached hydrogen (secondary N) is 1. The number of rotatable bonds is 3. The average Bonchev–Trinajstić information content (AvgIpc) is 2.32. The Morgan fingerprint density at radius 3 is 2.50 bits per heavy atom. The van der Waals surface area contributed by atoms with Crippen molar-refractivity contribution in [2.45, 2.75) is 13.5 Å². The van der Waals surface area contributed by atoms with E-state index in [0.29, 0.717) is 17.1 Å². The highest BCUT2D eigenvalue weighted by molar-refractivity contribution is 6.30. The summed E-state index contributed by atoms with van der Waals surface area (Å²) in [5, 5.41) is 3.83. The molecule has 2 aromatic carbocycles. The van der Waals surface area contributed by atoms with Gasteiger partial charge in [0.05, 0.1) is 0 Å². The van der Waals surface area contributed by atoms with E-state index in [1.807, 2.05) is 19.1 Å². The fraction of sp³-hybridized carbons (Fsp3) is 0.143. The van der Waals surface area contributed by atoms with Crippen molar-refractivity contribution in [3.63, 3.8) is 0 Å². The van der Waals surface area contributed by atoms with Crippen LogP contribution in [0.3, 0.4) is 0 Å². The van der Waals surface area contributed by atoms with E-state index in [9.17, 15) is 8.78 Å². The molecule has 0 aliphatic carbocycles. The zero-order valence-electron chi connectivity index (χ0n) is 9.81. The van der Waals surface area contributed by atoms with Gasteiger partial charge in [-0.05, 0) is 48.4 Å². The minimum Gasteiger partial charge on any atom is -0.381 e. The molecule has 4 heteroatoms. The van der Waals surface area contributed by atoms with Crippen molar-refractivity contribution < 1.29 is 8.78 Å². The third kappa shape index (κ3) is 2.99. The quantitative estimate of drug-likeness (QED) is 0.861. The summed E-state index contributed by atoms with van der Waals surface area (Å²) < 4.78 is 25.8. The molecule has 0 aliphatic rings. The molecule has 0 aliphatic heterocycles. The molecule has 0 atom stereocenters. The van der Waals surface area contributed by atoms with Crippen LogP contribution in [-0.4, -0.2) is 0 Å². The molecule has 0 bridgehead atoms. The van der Waals surface area contributed by atoms with Gasteiger partial charge in [-0.25, -0.2) is 8.78 Å². The zero-order chi connectivity index (χ0) is 13.1. The van der Waals surface area contributed by atoms with E-state index in [2.05, 4.69) is 5.32 Å². The molecule has 0 heterocycles. The lowest BCUT2D eigenvalue weighted by molar-refractivity contribution is 0.507. The highest BCUT2D eigenvalue weighted by Gasteiger charge is 2.03. The molecule has 0 saturated heterocycles. The summed E-state index contributed by atoms with van der Waals surface area (Å²) >= 11 is 5.85. The smallest absolute Gasteiger partial charge is 0.159 e.